The van der Waals surface area contributed by atoms with E-state index in [0.717, 1.165) is 25.2 Å². The van der Waals surface area contributed by atoms with Crippen LogP contribution in [0.15, 0.2) is 49.0 Å². The summed E-state index contributed by atoms with van der Waals surface area (Å²) < 4.78 is 14.1. The molecule has 2 heteroatoms. The van der Waals surface area contributed by atoms with Gasteiger partial charge >= 0.3 is 0 Å². The molecule has 1 heterocycles. The Bertz CT molecular complexity index is 765. The number of benzene rings is 2. The van der Waals surface area contributed by atoms with Crippen molar-refractivity contribution in [1.82, 2.24) is 4.90 Å². The highest BCUT2D eigenvalue weighted by atomic mass is 19.1. The van der Waals surface area contributed by atoms with Crippen LogP contribution in [0.2, 0.25) is 0 Å². The van der Waals surface area contributed by atoms with E-state index in [0.29, 0.717) is 23.3 Å². The SMILES string of the molecule is C=Cc1ccc(CN2CCC(C)C(c3ccccc3C(C)C)C2)cc1F. The first kappa shape index (κ1) is 18.8. The summed E-state index contributed by atoms with van der Waals surface area (Å²) in [5, 5.41) is 0. The Morgan fingerprint density at radius 2 is 2.00 bits per heavy atom. The molecule has 0 aliphatic carbocycles. The second-order valence-electron chi connectivity index (χ2n) is 7.95. The number of hydrogen-bond acceptors (Lipinski definition) is 1. The van der Waals surface area contributed by atoms with E-state index in [1.165, 1.54) is 17.5 Å². The fourth-order valence-electron chi connectivity index (χ4n) is 4.15. The third kappa shape index (κ3) is 4.07. The highest BCUT2D eigenvalue weighted by Crippen LogP contribution is 2.36. The van der Waals surface area contributed by atoms with Gasteiger partial charge in [0.05, 0.1) is 0 Å². The van der Waals surface area contributed by atoms with Crippen LogP contribution in [0.5, 0.6) is 0 Å². The number of piperidine rings is 1. The van der Waals surface area contributed by atoms with Gasteiger partial charge in [-0.2, -0.15) is 0 Å². The third-order valence-electron chi connectivity index (χ3n) is 5.75. The van der Waals surface area contributed by atoms with E-state index in [1.54, 1.807) is 12.1 Å². The molecule has 0 spiro atoms. The lowest BCUT2D eigenvalue weighted by molar-refractivity contribution is 0.159. The first-order chi connectivity index (χ1) is 12.5. The number of nitrogens with zero attached hydrogens (tertiary/aromatic N) is 1. The van der Waals surface area contributed by atoms with Gasteiger partial charge < -0.3 is 0 Å². The monoisotopic (exact) mass is 351 g/mol. The maximum absolute atomic E-state index is 14.1. The molecular weight excluding hydrogens is 321 g/mol. The summed E-state index contributed by atoms with van der Waals surface area (Å²) in [6, 6.07) is 14.4. The second kappa shape index (κ2) is 8.18. The van der Waals surface area contributed by atoms with Gasteiger partial charge in [-0.3, -0.25) is 4.90 Å². The van der Waals surface area contributed by atoms with E-state index in [9.17, 15) is 4.39 Å². The molecule has 0 saturated carbocycles. The first-order valence-corrected chi connectivity index (χ1v) is 9.71. The van der Waals surface area contributed by atoms with Crippen molar-refractivity contribution in [1.29, 1.82) is 0 Å². The Morgan fingerprint density at radius 1 is 1.23 bits per heavy atom. The molecule has 1 aliphatic rings. The molecule has 0 bridgehead atoms. The zero-order valence-electron chi connectivity index (χ0n) is 16.2. The van der Waals surface area contributed by atoms with Crippen LogP contribution in [0.25, 0.3) is 6.08 Å². The van der Waals surface area contributed by atoms with E-state index in [4.69, 9.17) is 0 Å². The van der Waals surface area contributed by atoms with E-state index >= 15 is 0 Å². The van der Waals surface area contributed by atoms with Crippen LogP contribution in [-0.2, 0) is 6.54 Å². The van der Waals surface area contributed by atoms with E-state index in [1.807, 2.05) is 12.1 Å². The molecule has 0 amide bonds. The Morgan fingerprint density at radius 3 is 2.69 bits per heavy atom. The predicted molar refractivity (Wildman–Crippen MR) is 109 cm³/mol. The van der Waals surface area contributed by atoms with E-state index in [2.05, 4.69) is 56.5 Å². The van der Waals surface area contributed by atoms with Gasteiger partial charge in [-0.25, -0.2) is 4.39 Å². The molecule has 2 atom stereocenters. The lowest BCUT2D eigenvalue weighted by Crippen LogP contribution is -2.38. The minimum atomic E-state index is -0.176. The number of halogens is 1. The van der Waals surface area contributed by atoms with Gasteiger partial charge in [0.2, 0.25) is 0 Å². The molecule has 1 saturated heterocycles. The van der Waals surface area contributed by atoms with Crippen LogP contribution >= 0.6 is 0 Å². The summed E-state index contributed by atoms with van der Waals surface area (Å²) in [5.41, 5.74) is 4.57. The van der Waals surface area contributed by atoms with E-state index in [-0.39, 0.29) is 5.82 Å². The molecule has 0 N–H and O–H groups in total. The Hall–Kier alpha value is -1.93. The minimum absolute atomic E-state index is 0.176. The molecule has 26 heavy (non-hydrogen) atoms. The smallest absolute Gasteiger partial charge is 0.130 e. The molecule has 1 aliphatic heterocycles. The van der Waals surface area contributed by atoms with Crippen LogP contribution < -0.4 is 0 Å². The van der Waals surface area contributed by atoms with Crippen LogP contribution in [-0.4, -0.2) is 18.0 Å². The fourth-order valence-corrected chi connectivity index (χ4v) is 4.15. The Balaban J connectivity index is 1.78. The molecule has 0 radical (unpaired) electrons. The lowest BCUT2D eigenvalue weighted by atomic mass is 9.78. The van der Waals surface area contributed by atoms with Crippen molar-refractivity contribution >= 4 is 6.08 Å². The summed E-state index contributed by atoms with van der Waals surface area (Å²) in [5.74, 6) is 1.57. The van der Waals surface area contributed by atoms with E-state index < -0.39 is 0 Å². The highest BCUT2D eigenvalue weighted by Gasteiger charge is 2.29. The van der Waals surface area contributed by atoms with Crippen molar-refractivity contribution in [3.63, 3.8) is 0 Å². The number of hydrogen-bond donors (Lipinski definition) is 0. The highest BCUT2D eigenvalue weighted by molar-refractivity contribution is 5.48. The van der Waals surface area contributed by atoms with Crippen molar-refractivity contribution in [2.45, 2.75) is 45.6 Å². The molecule has 0 aromatic heterocycles. The average Bonchev–Trinajstić information content (AvgIpc) is 2.63. The Labute approximate surface area is 157 Å². The van der Waals surface area contributed by atoms with Crippen LogP contribution in [0.3, 0.4) is 0 Å². The summed E-state index contributed by atoms with van der Waals surface area (Å²) in [7, 11) is 0. The van der Waals surface area contributed by atoms with Gasteiger partial charge in [-0.1, -0.05) is 69.8 Å². The molecule has 2 aromatic rings. The topological polar surface area (TPSA) is 3.24 Å². The second-order valence-corrected chi connectivity index (χ2v) is 7.95. The largest absolute Gasteiger partial charge is 0.298 e. The third-order valence-corrected chi connectivity index (χ3v) is 5.75. The lowest BCUT2D eigenvalue weighted by Gasteiger charge is -2.38. The molecular formula is C24H30FN. The standard InChI is InChI=1S/C24H30FN/c1-5-20-11-10-19(14-24(20)25)15-26-13-12-18(4)23(16-26)22-9-7-6-8-21(22)17(2)3/h5-11,14,17-18,23H,1,12-13,15-16H2,2-4H3. The number of rotatable bonds is 5. The van der Waals surface area contributed by atoms with Gasteiger partial charge in [0.15, 0.2) is 0 Å². The van der Waals surface area contributed by atoms with Crippen molar-refractivity contribution in [3.8, 4) is 0 Å². The van der Waals surface area contributed by atoms with Crippen molar-refractivity contribution < 1.29 is 4.39 Å². The summed E-state index contributed by atoms with van der Waals surface area (Å²) in [6.45, 7) is 13.5. The molecule has 138 valence electrons. The van der Waals surface area contributed by atoms with Crippen molar-refractivity contribution in [2.24, 2.45) is 5.92 Å². The molecule has 1 fully saturated rings. The minimum Gasteiger partial charge on any atom is -0.298 e. The fraction of sp³-hybridized carbons (Fsp3) is 0.417. The molecule has 3 rings (SSSR count). The van der Waals surface area contributed by atoms with Gasteiger partial charge in [0, 0.05) is 18.7 Å². The average molecular weight is 352 g/mol. The summed E-state index contributed by atoms with van der Waals surface area (Å²) in [4.78, 5) is 2.48. The van der Waals surface area contributed by atoms with Gasteiger partial charge in [0.25, 0.3) is 0 Å². The van der Waals surface area contributed by atoms with Crippen molar-refractivity contribution in [3.05, 3.63) is 77.1 Å². The van der Waals surface area contributed by atoms with Crippen molar-refractivity contribution in [2.75, 3.05) is 13.1 Å². The quantitative estimate of drug-likeness (QED) is 0.618. The molecule has 1 nitrogen and oxygen atoms in total. The van der Waals surface area contributed by atoms with Gasteiger partial charge in [-0.05, 0) is 53.5 Å². The summed E-state index contributed by atoms with van der Waals surface area (Å²) in [6.07, 6.45) is 2.75. The van der Waals surface area contributed by atoms with Crippen LogP contribution in [0, 0.1) is 11.7 Å². The molecule has 2 unspecified atom stereocenters. The van der Waals surface area contributed by atoms with Crippen LogP contribution in [0.4, 0.5) is 4.39 Å². The maximum Gasteiger partial charge on any atom is 0.130 e. The normalized spacial score (nSPS) is 21.1. The zero-order chi connectivity index (χ0) is 18.7. The maximum atomic E-state index is 14.1. The van der Waals surface area contributed by atoms with Crippen LogP contribution in [0.1, 0.15) is 61.3 Å². The molecule has 2 aromatic carbocycles. The predicted octanol–water partition coefficient (Wildman–Crippen LogP) is 6.22. The summed E-state index contributed by atoms with van der Waals surface area (Å²) >= 11 is 0. The van der Waals surface area contributed by atoms with Gasteiger partial charge in [-0.15, -0.1) is 0 Å². The Kier molecular flexibility index (Phi) is 5.93. The zero-order valence-corrected chi connectivity index (χ0v) is 16.2. The number of likely N-dealkylation sites (tertiary alicyclic amines) is 1. The van der Waals surface area contributed by atoms with Gasteiger partial charge in [0.1, 0.15) is 5.82 Å². The first-order valence-electron chi connectivity index (χ1n) is 9.71.